The summed E-state index contributed by atoms with van der Waals surface area (Å²) >= 11 is 0. The predicted octanol–water partition coefficient (Wildman–Crippen LogP) is 7.62. The van der Waals surface area contributed by atoms with E-state index in [4.69, 9.17) is 9.15 Å². The van der Waals surface area contributed by atoms with E-state index in [0.29, 0.717) is 5.75 Å². The highest BCUT2D eigenvalue weighted by molar-refractivity contribution is 6.09. The van der Waals surface area contributed by atoms with Crippen LogP contribution in [0.1, 0.15) is 29.2 Å². The lowest BCUT2D eigenvalue weighted by atomic mass is 9.94. The number of nitrogens with zero attached hydrogens (tertiary/aromatic N) is 1. The number of pyridine rings is 1. The van der Waals surface area contributed by atoms with Gasteiger partial charge in [-0.3, -0.25) is 9.78 Å². The molecule has 0 bridgehead atoms. The molecule has 0 unspecified atom stereocenters. The molecule has 1 amide bonds. The third kappa shape index (κ3) is 4.13. The molecule has 0 radical (unpaired) electrons. The summed E-state index contributed by atoms with van der Waals surface area (Å²) in [5.41, 5.74) is 9.43. The highest BCUT2D eigenvalue weighted by atomic mass is 16.5. The van der Waals surface area contributed by atoms with E-state index in [1.807, 2.05) is 44.2 Å². The van der Waals surface area contributed by atoms with Gasteiger partial charge in [0.15, 0.2) is 0 Å². The number of amides is 1. The van der Waals surface area contributed by atoms with Crippen LogP contribution in [0.5, 0.6) is 5.75 Å². The summed E-state index contributed by atoms with van der Waals surface area (Å²) in [6.07, 6.45) is 5.15. The molecule has 2 heterocycles. The Kier molecular flexibility index (Phi) is 6.06. The van der Waals surface area contributed by atoms with Gasteiger partial charge in [0.05, 0.1) is 24.6 Å². The normalized spacial score (nSPS) is 11.8. The topological polar surface area (TPSA) is 64.4 Å². The molecule has 0 saturated heterocycles. The van der Waals surface area contributed by atoms with E-state index in [1.54, 1.807) is 25.6 Å². The first-order chi connectivity index (χ1) is 17.4. The zero-order valence-electron chi connectivity index (χ0n) is 21.1. The minimum atomic E-state index is -0.217. The van der Waals surface area contributed by atoms with Crippen LogP contribution in [-0.4, -0.2) is 18.0 Å². The monoisotopic (exact) mass is 476 g/mol. The zero-order valence-corrected chi connectivity index (χ0v) is 21.1. The molecule has 5 aromatic rings. The number of carbonyl (C=O) groups is 1. The van der Waals surface area contributed by atoms with Crippen molar-refractivity contribution in [3.05, 3.63) is 95.4 Å². The smallest absolute Gasteiger partial charge is 0.248 e. The highest BCUT2D eigenvalue weighted by Crippen LogP contribution is 2.41. The molecule has 5 rings (SSSR count). The fourth-order valence-corrected chi connectivity index (χ4v) is 4.85. The third-order valence-corrected chi connectivity index (χ3v) is 6.60. The molecule has 0 spiro atoms. The van der Waals surface area contributed by atoms with E-state index < -0.39 is 0 Å². The average molecular weight is 477 g/mol. The first-order valence-corrected chi connectivity index (χ1v) is 11.9. The van der Waals surface area contributed by atoms with Crippen molar-refractivity contribution in [3.8, 4) is 16.9 Å². The van der Waals surface area contributed by atoms with Crippen molar-refractivity contribution >= 4 is 39.0 Å². The van der Waals surface area contributed by atoms with E-state index in [-0.39, 0.29) is 5.91 Å². The molecular weight excluding hydrogens is 448 g/mol. The summed E-state index contributed by atoms with van der Waals surface area (Å²) in [5, 5.41) is 4.89. The molecule has 5 heteroatoms. The van der Waals surface area contributed by atoms with Crippen LogP contribution in [0.4, 0.5) is 5.69 Å². The number of furan rings is 1. The molecule has 0 aliphatic rings. The number of nitrogens with one attached hydrogen (secondary N) is 1. The lowest BCUT2D eigenvalue weighted by Crippen LogP contribution is -2.09. The van der Waals surface area contributed by atoms with Gasteiger partial charge in [0, 0.05) is 39.7 Å². The maximum Gasteiger partial charge on any atom is 0.248 e. The molecule has 3 aromatic carbocycles. The summed E-state index contributed by atoms with van der Waals surface area (Å²) in [4.78, 5) is 17.4. The Bertz CT molecular complexity index is 1650. The number of benzene rings is 3. The van der Waals surface area contributed by atoms with Gasteiger partial charge in [-0.15, -0.1) is 0 Å². The Hall–Kier alpha value is -4.38. The lowest BCUT2D eigenvalue weighted by Gasteiger charge is -2.14. The van der Waals surface area contributed by atoms with Gasteiger partial charge in [-0.25, -0.2) is 0 Å². The van der Waals surface area contributed by atoms with Crippen LogP contribution in [0.2, 0.25) is 0 Å². The molecule has 0 aliphatic heterocycles. The molecule has 36 heavy (non-hydrogen) atoms. The molecule has 180 valence electrons. The Balaban J connectivity index is 1.57. The Labute approximate surface area is 210 Å². The highest BCUT2D eigenvalue weighted by Gasteiger charge is 2.19. The number of allylic oxidation sites excluding steroid dienone is 1. The SMILES string of the molecule is COc1c(/C(C)=C/C(=O)Nc2cccc3ncccc23)cc2c(-c3ccc(C)cc3C)coc2c1C. The summed E-state index contributed by atoms with van der Waals surface area (Å²) in [7, 11) is 1.64. The van der Waals surface area contributed by atoms with Crippen molar-refractivity contribution in [2.24, 2.45) is 0 Å². The number of carbonyl (C=O) groups excluding carboxylic acids is 1. The van der Waals surface area contributed by atoms with Crippen LogP contribution in [0, 0.1) is 20.8 Å². The van der Waals surface area contributed by atoms with Crippen molar-refractivity contribution < 1.29 is 13.9 Å². The van der Waals surface area contributed by atoms with Crippen molar-refractivity contribution in [3.63, 3.8) is 0 Å². The number of aryl methyl sites for hydroxylation is 3. The van der Waals surface area contributed by atoms with E-state index >= 15 is 0 Å². The van der Waals surface area contributed by atoms with Crippen molar-refractivity contribution in [2.45, 2.75) is 27.7 Å². The van der Waals surface area contributed by atoms with Gasteiger partial charge in [0.25, 0.3) is 0 Å². The lowest BCUT2D eigenvalue weighted by molar-refractivity contribution is -0.111. The van der Waals surface area contributed by atoms with E-state index in [0.717, 1.165) is 55.4 Å². The number of hydrogen-bond donors (Lipinski definition) is 1. The van der Waals surface area contributed by atoms with Crippen LogP contribution in [0.3, 0.4) is 0 Å². The number of rotatable bonds is 5. The molecule has 0 aliphatic carbocycles. The first kappa shape index (κ1) is 23.4. The predicted molar refractivity (Wildman–Crippen MR) is 146 cm³/mol. The number of aromatic nitrogens is 1. The van der Waals surface area contributed by atoms with Crippen LogP contribution in [-0.2, 0) is 4.79 Å². The molecular formula is C31H28N2O3. The fourth-order valence-electron chi connectivity index (χ4n) is 4.85. The van der Waals surface area contributed by atoms with Gasteiger partial charge >= 0.3 is 0 Å². The largest absolute Gasteiger partial charge is 0.496 e. The van der Waals surface area contributed by atoms with Crippen LogP contribution in [0.15, 0.2) is 77.6 Å². The second-order valence-electron chi connectivity index (χ2n) is 9.12. The molecule has 0 atom stereocenters. The minimum Gasteiger partial charge on any atom is -0.496 e. The van der Waals surface area contributed by atoms with E-state index in [2.05, 4.69) is 48.4 Å². The molecule has 2 aromatic heterocycles. The molecule has 0 fully saturated rings. The maximum atomic E-state index is 13.0. The number of hydrogen-bond acceptors (Lipinski definition) is 4. The van der Waals surface area contributed by atoms with Gasteiger partial charge in [-0.1, -0.05) is 29.8 Å². The number of fused-ring (bicyclic) bond motifs is 2. The Morgan fingerprint density at radius 3 is 2.61 bits per heavy atom. The number of anilines is 1. The quantitative estimate of drug-likeness (QED) is 0.265. The fraction of sp³-hybridized carbons (Fsp3) is 0.161. The van der Waals surface area contributed by atoms with Gasteiger partial charge in [0.1, 0.15) is 11.3 Å². The summed E-state index contributed by atoms with van der Waals surface area (Å²) < 4.78 is 11.8. The van der Waals surface area contributed by atoms with Gasteiger partial charge in [0.2, 0.25) is 5.91 Å². The second kappa shape index (κ2) is 9.34. The van der Waals surface area contributed by atoms with E-state index in [1.165, 1.54) is 11.1 Å². The number of ether oxygens (including phenoxy) is 1. The number of methoxy groups -OCH3 is 1. The third-order valence-electron chi connectivity index (χ3n) is 6.60. The first-order valence-electron chi connectivity index (χ1n) is 11.9. The summed E-state index contributed by atoms with van der Waals surface area (Å²) in [5.74, 6) is 0.477. The van der Waals surface area contributed by atoms with Gasteiger partial charge in [-0.2, -0.15) is 0 Å². The van der Waals surface area contributed by atoms with Crippen molar-refractivity contribution in [1.82, 2.24) is 4.98 Å². The van der Waals surface area contributed by atoms with Crippen molar-refractivity contribution in [1.29, 1.82) is 0 Å². The summed E-state index contributed by atoms with van der Waals surface area (Å²) in [6.45, 7) is 8.10. The zero-order chi connectivity index (χ0) is 25.4. The van der Waals surface area contributed by atoms with Crippen LogP contribution < -0.4 is 10.1 Å². The Morgan fingerprint density at radius 2 is 1.83 bits per heavy atom. The van der Waals surface area contributed by atoms with Gasteiger partial charge < -0.3 is 14.5 Å². The summed E-state index contributed by atoms with van der Waals surface area (Å²) in [6, 6.07) is 18.0. The second-order valence-corrected chi connectivity index (χ2v) is 9.12. The molecule has 0 saturated carbocycles. The van der Waals surface area contributed by atoms with Crippen LogP contribution in [0.25, 0.3) is 38.6 Å². The van der Waals surface area contributed by atoms with Crippen LogP contribution >= 0.6 is 0 Å². The molecule has 5 nitrogen and oxygen atoms in total. The minimum absolute atomic E-state index is 0.217. The van der Waals surface area contributed by atoms with Crippen molar-refractivity contribution in [2.75, 3.05) is 12.4 Å². The standard InChI is InChI=1S/C31H28N2O3/c1-18-11-12-22(19(2)14-18)26-17-36-31-21(4)30(35-5)24(16-25(26)31)20(3)15-29(34)33-28-10-6-9-27-23(28)8-7-13-32-27/h6-17H,1-5H3,(H,33,34)/b20-15+. The van der Waals surface area contributed by atoms with Gasteiger partial charge in [-0.05, 0) is 74.7 Å². The Morgan fingerprint density at radius 1 is 1.00 bits per heavy atom. The van der Waals surface area contributed by atoms with E-state index in [9.17, 15) is 4.79 Å². The molecule has 1 N–H and O–H groups in total. The average Bonchev–Trinajstić information content (AvgIpc) is 3.28. The maximum absolute atomic E-state index is 13.0.